The topological polar surface area (TPSA) is 71.2 Å². The van der Waals surface area contributed by atoms with Gasteiger partial charge in [0.25, 0.3) is 0 Å². The summed E-state index contributed by atoms with van der Waals surface area (Å²) in [7, 11) is 0. The van der Waals surface area contributed by atoms with Crippen LogP contribution in [0.4, 0.5) is 19.0 Å². The number of aromatic nitrogens is 4. The Hall–Kier alpha value is -2.72. The summed E-state index contributed by atoms with van der Waals surface area (Å²) in [6, 6.07) is 4.70. The molecule has 7 nitrogen and oxygen atoms in total. The SMILES string of the molecule is CC(c1nc(-c2cccc(C(F)(F)F)c2)no1)N1CCN(c2ncncc2Cl)CC1. The molecule has 0 N–H and O–H groups in total. The normalized spacial score (nSPS) is 16.6. The molecule has 3 aromatic rings. The van der Waals surface area contributed by atoms with Gasteiger partial charge in [-0.05, 0) is 19.1 Å². The zero-order chi connectivity index (χ0) is 21.3. The number of hydrogen-bond donors (Lipinski definition) is 0. The maximum atomic E-state index is 12.9. The highest BCUT2D eigenvalue weighted by molar-refractivity contribution is 6.32. The molecular weight excluding hydrogens is 421 g/mol. The van der Waals surface area contributed by atoms with Crippen LogP contribution in [0, 0.1) is 0 Å². The van der Waals surface area contributed by atoms with Crippen LogP contribution in [-0.4, -0.2) is 51.2 Å². The molecule has 0 amide bonds. The third-order valence-electron chi connectivity index (χ3n) is 5.06. The van der Waals surface area contributed by atoms with E-state index in [1.165, 1.54) is 18.5 Å². The van der Waals surface area contributed by atoms with E-state index in [-0.39, 0.29) is 17.4 Å². The molecule has 0 saturated carbocycles. The second kappa shape index (κ2) is 8.19. The highest BCUT2D eigenvalue weighted by atomic mass is 35.5. The van der Waals surface area contributed by atoms with Gasteiger partial charge in [-0.15, -0.1) is 0 Å². The van der Waals surface area contributed by atoms with Gasteiger partial charge in [-0.1, -0.05) is 28.9 Å². The van der Waals surface area contributed by atoms with Crippen LogP contribution < -0.4 is 4.90 Å². The maximum Gasteiger partial charge on any atom is 0.416 e. The minimum atomic E-state index is -4.43. The van der Waals surface area contributed by atoms with Crippen molar-refractivity contribution in [2.24, 2.45) is 0 Å². The van der Waals surface area contributed by atoms with E-state index in [2.05, 4.69) is 29.9 Å². The predicted molar refractivity (Wildman–Crippen MR) is 104 cm³/mol. The van der Waals surface area contributed by atoms with Crippen molar-refractivity contribution in [3.8, 4) is 11.4 Å². The Morgan fingerprint density at radius 1 is 1.17 bits per heavy atom. The van der Waals surface area contributed by atoms with Gasteiger partial charge in [0, 0.05) is 31.7 Å². The van der Waals surface area contributed by atoms with E-state index < -0.39 is 11.7 Å². The molecule has 1 aliphatic rings. The molecule has 30 heavy (non-hydrogen) atoms. The Morgan fingerprint density at radius 2 is 1.93 bits per heavy atom. The summed E-state index contributed by atoms with van der Waals surface area (Å²) in [4.78, 5) is 16.7. The lowest BCUT2D eigenvalue weighted by Crippen LogP contribution is -2.47. The number of anilines is 1. The van der Waals surface area contributed by atoms with Gasteiger partial charge in [-0.25, -0.2) is 9.97 Å². The molecule has 4 rings (SSSR count). The van der Waals surface area contributed by atoms with Crippen molar-refractivity contribution in [2.45, 2.75) is 19.1 Å². The zero-order valence-electron chi connectivity index (χ0n) is 16.0. The summed E-state index contributed by atoms with van der Waals surface area (Å²) in [5.41, 5.74) is -0.492. The van der Waals surface area contributed by atoms with Gasteiger partial charge in [-0.2, -0.15) is 18.2 Å². The number of rotatable bonds is 4. The Bertz CT molecular complexity index is 1020. The molecule has 1 aliphatic heterocycles. The monoisotopic (exact) mass is 438 g/mol. The molecule has 158 valence electrons. The van der Waals surface area contributed by atoms with E-state index in [0.29, 0.717) is 42.9 Å². The largest absolute Gasteiger partial charge is 0.416 e. The lowest BCUT2D eigenvalue weighted by atomic mass is 10.1. The fourth-order valence-electron chi connectivity index (χ4n) is 3.37. The van der Waals surface area contributed by atoms with E-state index in [0.717, 1.165) is 12.1 Å². The summed E-state index contributed by atoms with van der Waals surface area (Å²) in [5.74, 6) is 1.19. The maximum absolute atomic E-state index is 12.9. The molecule has 11 heteroatoms. The Morgan fingerprint density at radius 3 is 2.63 bits per heavy atom. The van der Waals surface area contributed by atoms with Crippen LogP contribution >= 0.6 is 11.6 Å². The van der Waals surface area contributed by atoms with Crippen LogP contribution in [0.1, 0.15) is 24.4 Å². The molecule has 1 aromatic carbocycles. The number of benzene rings is 1. The molecule has 3 heterocycles. The van der Waals surface area contributed by atoms with Crippen molar-refractivity contribution in [3.05, 3.63) is 53.3 Å². The first-order chi connectivity index (χ1) is 14.3. The molecule has 0 spiro atoms. The number of piperazine rings is 1. The average molecular weight is 439 g/mol. The molecular formula is C19H18ClF3N6O. The number of nitrogens with zero attached hydrogens (tertiary/aromatic N) is 6. The zero-order valence-corrected chi connectivity index (χ0v) is 16.7. The summed E-state index contributed by atoms with van der Waals surface area (Å²) in [6.07, 6.45) is -1.40. The third-order valence-corrected chi connectivity index (χ3v) is 5.32. The standard InChI is InChI=1S/C19H18ClF3N6O/c1-12(28-5-7-29(8-6-28)17-15(20)10-24-11-25-17)18-26-16(27-30-18)13-3-2-4-14(9-13)19(21,22)23/h2-4,9-12H,5-8H2,1H3. The van der Waals surface area contributed by atoms with Gasteiger partial charge < -0.3 is 9.42 Å². The summed E-state index contributed by atoms with van der Waals surface area (Å²) in [5, 5.41) is 4.38. The number of halogens is 4. The lowest BCUT2D eigenvalue weighted by Gasteiger charge is -2.37. The Labute approximate surface area is 175 Å². The van der Waals surface area contributed by atoms with Gasteiger partial charge >= 0.3 is 6.18 Å². The van der Waals surface area contributed by atoms with Crippen LogP contribution in [0.3, 0.4) is 0 Å². The van der Waals surface area contributed by atoms with E-state index in [1.54, 1.807) is 6.20 Å². The van der Waals surface area contributed by atoms with E-state index in [9.17, 15) is 13.2 Å². The molecule has 0 radical (unpaired) electrons. The second-order valence-electron chi connectivity index (χ2n) is 6.93. The van der Waals surface area contributed by atoms with Crippen molar-refractivity contribution >= 4 is 17.4 Å². The van der Waals surface area contributed by atoms with Crippen molar-refractivity contribution in [1.29, 1.82) is 0 Å². The average Bonchev–Trinajstić information content (AvgIpc) is 3.24. The lowest BCUT2D eigenvalue weighted by molar-refractivity contribution is -0.137. The summed E-state index contributed by atoms with van der Waals surface area (Å²) >= 11 is 6.17. The van der Waals surface area contributed by atoms with Crippen molar-refractivity contribution in [2.75, 3.05) is 31.1 Å². The van der Waals surface area contributed by atoms with Crippen molar-refractivity contribution in [3.63, 3.8) is 0 Å². The first kappa shape index (κ1) is 20.5. The third kappa shape index (κ3) is 4.24. The van der Waals surface area contributed by atoms with Crippen molar-refractivity contribution in [1.82, 2.24) is 25.0 Å². The Kier molecular flexibility index (Phi) is 5.61. The highest BCUT2D eigenvalue weighted by Crippen LogP contribution is 2.32. The molecule has 0 aliphatic carbocycles. The number of hydrogen-bond acceptors (Lipinski definition) is 7. The van der Waals surface area contributed by atoms with Crippen LogP contribution in [-0.2, 0) is 6.18 Å². The van der Waals surface area contributed by atoms with Crippen LogP contribution in [0.5, 0.6) is 0 Å². The fourth-order valence-corrected chi connectivity index (χ4v) is 3.60. The first-order valence-electron chi connectivity index (χ1n) is 9.28. The van der Waals surface area contributed by atoms with Crippen molar-refractivity contribution < 1.29 is 17.7 Å². The van der Waals surface area contributed by atoms with Crippen LogP contribution in [0.25, 0.3) is 11.4 Å². The van der Waals surface area contributed by atoms with Gasteiger partial charge in [0.05, 0.1) is 17.8 Å². The minimum absolute atomic E-state index is 0.134. The molecule has 2 aromatic heterocycles. The molecule has 1 atom stereocenters. The summed E-state index contributed by atoms with van der Waals surface area (Å²) < 4.78 is 44.2. The molecule has 1 saturated heterocycles. The second-order valence-corrected chi connectivity index (χ2v) is 7.34. The van der Waals surface area contributed by atoms with Crippen LogP contribution in [0.15, 0.2) is 41.3 Å². The molecule has 1 fully saturated rings. The molecule has 0 bridgehead atoms. The molecule has 1 unspecified atom stereocenters. The highest BCUT2D eigenvalue weighted by Gasteiger charge is 2.31. The van der Waals surface area contributed by atoms with Gasteiger partial charge in [-0.3, -0.25) is 4.90 Å². The first-order valence-corrected chi connectivity index (χ1v) is 9.66. The van der Waals surface area contributed by atoms with E-state index >= 15 is 0 Å². The van der Waals surface area contributed by atoms with Crippen LogP contribution in [0.2, 0.25) is 5.02 Å². The minimum Gasteiger partial charge on any atom is -0.353 e. The summed E-state index contributed by atoms with van der Waals surface area (Å²) in [6.45, 7) is 4.76. The van der Waals surface area contributed by atoms with E-state index in [4.69, 9.17) is 16.1 Å². The smallest absolute Gasteiger partial charge is 0.353 e. The van der Waals surface area contributed by atoms with Gasteiger partial charge in [0.2, 0.25) is 11.7 Å². The number of alkyl halides is 3. The van der Waals surface area contributed by atoms with Gasteiger partial charge in [0.1, 0.15) is 11.3 Å². The predicted octanol–water partition coefficient (Wildman–Crippen LogP) is 4.08. The quantitative estimate of drug-likeness (QED) is 0.607. The van der Waals surface area contributed by atoms with E-state index in [1.807, 2.05) is 6.92 Å². The Balaban J connectivity index is 1.44. The fraction of sp³-hybridized carbons (Fsp3) is 0.368. The van der Waals surface area contributed by atoms with Gasteiger partial charge in [0.15, 0.2) is 5.82 Å².